The number of amides is 1. The van der Waals surface area contributed by atoms with Gasteiger partial charge in [-0.15, -0.1) is 0 Å². The predicted octanol–water partition coefficient (Wildman–Crippen LogP) is 0.486. The van der Waals surface area contributed by atoms with E-state index in [4.69, 9.17) is 4.52 Å². The molecule has 8 nitrogen and oxygen atoms in total. The molecule has 1 saturated heterocycles. The molecule has 0 N–H and O–H groups in total. The summed E-state index contributed by atoms with van der Waals surface area (Å²) in [4.78, 5) is 28.7. The van der Waals surface area contributed by atoms with Gasteiger partial charge in [0.15, 0.2) is 0 Å². The topological polar surface area (TPSA) is 84.5 Å². The van der Waals surface area contributed by atoms with Crippen LogP contribution in [0.1, 0.15) is 33.8 Å². The third-order valence-corrected chi connectivity index (χ3v) is 5.29. The van der Waals surface area contributed by atoms with Crippen LogP contribution in [0.25, 0.3) is 0 Å². The quantitative estimate of drug-likeness (QED) is 0.792. The number of aryl methyl sites for hydroxylation is 3. The molecule has 8 heteroatoms. The first-order chi connectivity index (χ1) is 12.6. The first kappa shape index (κ1) is 17.0. The lowest BCUT2D eigenvalue weighted by Crippen LogP contribution is -2.49. The molecule has 2 aliphatic rings. The van der Waals surface area contributed by atoms with Gasteiger partial charge in [-0.05, 0) is 31.7 Å². The molecule has 1 aliphatic carbocycles. The number of carbonyl (C=O) groups excluding carboxylic acids is 1. The number of fused-ring (bicyclic) bond motifs is 1. The van der Waals surface area contributed by atoms with Crippen molar-refractivity contribution in [3.8, 4) is 0 Å². The molecule has 0 spiro atoms. The third-order valence-electron chi connectivity index (χ3n) is 5.29. The monoisotopic (exact) mass is 357 g/mol. The fraction of sp³-hybridized carbons (Fsp3) is 0.556. The molecular weight excluding hydrogens is 334 g/mol. The van der Waals surface area contributed by atoms with Crippen LogP contribution in [0.5, 0.6) is 0 Å². The first-order valence-corrected chi connectivity index (χ1v) is 9.14. The zero-order valence-electron chi connectivity index (χ0n) is 15.0. The Bertz CT molecular complexity index is 864. The normalized spacial score (nSPS) is 17.5. The summed E-state index contributed by atoms with van der Waals surface area (Å²) in [7, 11) is 0. The Morgan fingerprint density at radius 1 is 1.19 bits per heavy atom. The molecule has 0 unspecified atom stereocenters. The van der Waals surface area contributed by atoms with Gasteiger partial charge in [0.05, 0.1) is 18.4 Å². The van der Waals surface area contributed by atoms with Gasteiger partial charge in [0, 0.05) is 38.8 Å². The maximum absolute atomic E-state index is 12.5. The van der Waals surface area contributed by atoms with Crippen LogP contribution in [0.4, 0.5) is 0 Å². The Balaban J connectivity index is 1.31. The highest BCUT2D eigenvalue weighted by Crippen LogP contribution is 2.17. The highest BCUT2D eigenvalue weighted by Gasteiger charge is 2.24. The van der Waals surface area contributed by atoms with Crippen LogP contribution in [0, 0.1) is 6.92 Å². The van der Waals surface area contributed by atoms with Gasteiger partial charge >= 0.3 is 0 Å². The summed E-state index contributed by atoms with van der Waals surface area (Å²) >= 11 is 0. The van der Waals surface area contributed by atoms with Crippen molar-refractivity contribution in [2.75, 3.05) is 32.7 Å². The van der Waals surface area contributed by atoms with Crippen molar-refractivity contribution in [2.45, 2.75) is 32.7 Å². The van der Waals surface area contributed by atoms with Gasteiger partial charge in [-0.2, -0.15) is 5.10 Å². The van der Waals surface area contributed by atoms with Gasteiger partial charge in [-0.3, -0.25) is 14.5 Å². The minimum atomic E-state index is -0.0279. The maximum Gasteiger partial charge on any atom is 0.267 e. The van der Waals surface area contributed by atoms with E-state index in [9.17, 15) is 9.59 Å². The Kier molecular flexibility index (Phi) is 4.58. The second kappa shape index (κ2) is 7.03. The summed E-state index contributed by atoms with van der Waals surface area (Å²) in [6.07, 6.45) is 4.52. The van der Waals surface area contributed by atoms with E-state index in [-0.39, 0.29) is 11.5 Å². The molecule has 1 fully saturated rings. The first-order valence-electron chi connectivity index (χ1n) is 9.14. The minimum Gasteiger partial charge on any atom is -0.361 e. The summed E-state index contributed by atoms with van der Waals surface area (Å²) in [5, 5.41) is 8.20. The van der Waals surface area contributed by atoms with Gasteiger partial charge in [0.1, 0.15) is 11.3 Å². The summed E-state index contributed by atoms with van der Waals surface area (Å²) in [6, 6.07) is 1.74. The van der Waals surface area contributed by atoms with Crippen molar-refractivity contribution < 1.29 is 9.32 Å². The summed E-state index contributed by atoms with van der Waals surface area (Å²) in [6.45, 7) is 6.00. The zero-order chi connectivity index (χ0) is 18.1. The summed E-state index contributed by atoms with van der Waals surface area (Å²) in [5.74, 6) is 0.527. The van der Waals surface area contributed by atoms with Crippen LogP contribution in [0.15, 0.2) is 21.6 Å². The van der Waals surface area contributed by atoms with Crippen LogP contribution < -0.4 is 5.56 Å². The van der Waals surface area contributed by atoms with Gasteiger partial charge in [0.2, 0.25) is 0 Å². The Labute approximate surface area is 151 Å². The molecule has 2 aromatic rings. The number of nitrogens with zero attached hydrogens (tertiary/aromatic N) is 5. The molecule has 1 aliphatic heterocycles. The van der Waals surface area contributed by atoms with Crippen molar-refractivity contribution in [3.05, 3.63) is 45.2 Å². The molecule has 26 heavy (non-hydrogen) atoms. The lowest BCUT2D eigenvalue weighted by molar-refractivity contribution is 0.0629. The fourth-order valence-electron chi connectivity index (χ4n) is 3.68. The van der Waals surface area contributed by atoms with Crippen molar-refractivity contribution in [1.82, 2.24) is 24.7 Å². The van der Waals surface area contributed by atoms with Gasteiger partial charge in [-0.1, -0.05) is 5.16 Å². The zero-order valence-corrected chi connectivity index (χ0v) is 15.0. The average molecular weight is 357 g/mol. The van der Waals surface area contributed by atoms with Gasteiger partial charge in [-0.25, -0.2) is 4.68 Å². The second-order valence-electron chi connectivity index (χ2n) is 6.96. The van der Waals surface area contributed by atoms with E-state index >= 15 is 0 Å². The smallest absolute Gasteiger partial charge is 0.267 e. The van der Waals surface area contributed by atoms with E-state index in [1.807, 2.05) is 4.90 Å². The molecule has 0 radical (unpaired) electrons. The van der Waals surface area contributed by atoms with Crippen LogP contribution in [-0.2, 0) is 19.4 Å². The molecule has 0 atom stereocenters. The van der Waals surface area contributed by atoms with Crippen molar-refractivity contribution in [2.24, 2.45) is 0 Å². The van der Waals surface area contributed by atoms with E-state index in [1.54, 1.807) is 17.7 Å². The lowest BCUT2D eigenvalue weighted by Gasteiger charge is -2.34. The number of hydrogen-bond donors (Lipinski definition) is 0. The van der Waals surface area contributed by atoms with Crippen LogP contribution in [-0.4, -0.2) is 63.4 Å². The Hall–Kier alpha value is -2.48. The van der Waals surface area contributed by atoms with Crippen molar-refractivity contribution >= 4 is 5.91 Å². The number of carbonyl (C=O) groups is 1. The number of piperazine rings is 1. The highest BCUT2D eigenvalue weighted by atomic mass is 16.5. The molecule has 138 valence electrons. The van der Waals surface area contributed by atoms with Gasteiger partial charge in [0.25, 0.3) is 11.5 Å². The molecule has 0 saturated carbocycles. The van der Waals surface area contributed by atoms with E-state index < -0.39 is 0 Å². The predicted molar refractivity (Wildman–Crippen MR) is 94.1 cm³/mol. The number of hydrogen-bond acceptors (Lipinski definition) is 6. The molecule has 3 heterocycles. The standard InChI is InChI=1S/C18H23N5O3/c1-13-15(12-19-26-13)18(25)22-8-5-21(6-9-22)7-10-23-17(24)11-14-3-2-4-16(14)20-23/h11-12H,2-10H2,1H3. The highest BCUT2D eigenvalue weighted by molar-refractivity contribution is 5.94. The summed E-state index contributed by atoms with van der Waals surface area (Å²) in [5.41, 5.74) is 2.71. The third kappa shape index (κ3) is 3.29. The maximum atomic E-state index is 12.5. The van der Waals surface area contributed by atoms with Crippen LogP contribution >= 0.6 is 0 Å². The molecule has 1 amide bonds. The molecular formula is C18H23N5O3. The Morgan fingerprint density at radius 3 is 2.73 bits per heavy atom. The largest absolute Gasteiger partial charge is 0.361 e. The number of rotatable bonds is 4. The minimum absolute atomic E-state index is 0.0117. The van der Waals surface area contributed by atoms with E-state index in [2.05, 4.69) is 15.2 Å². The van der Waals surface area contributed by atoms with Crippen LogP contribution in [0.2, 0.25) is 0 Å². The molecule has 0 aromatic carbocycles. The number of aromatic nitrogens is 3. The average Bonchev–Trinajstić information content (AvgIpc) is 3.28. The second-order valence-corrected chi connectivity index (χ2v) is 6.96. The van der Waals surface area contributed by atoms with E-state index in [0.29, 0.717) is 31.0 Å². The molecule has 2 aromatic heterocycles. The van der Waals surface area contributed by atoms with Crippen LogP contribution in [0.3, 0.4) is 0 Å². The van der Waals surface area contributed by atoms with E-state index in [1.165, 1.54) is 6.20 Å². The SMILES string of the molecule is Cc1oncc1C(=O)N1CCN(CCn2nc3c(cc2=O)CCC3)CC1. The molecule has 4 rings (SSSR count). The summed E-state index contributed by atoms with van der Waals surface area (Å²) < 4.78 is 6.57. The van der Waals surface area contributed by atoms with Gasteiger partial charge < -0.3 is 9.42 Å². The van der Waals surface area contributed by atoms with Crippen molar-refractivity contribution in [1.29, 1.82) is 0 Å². The fourth-order valence-corrected chi connectivity index (χ4v) is 3.68. The molecule has 0 bridgehead atoms. The Morgan fingerprint density at radius 2 is 2.00 bits per heavy atom. The van der Waals surface area contributed by atoms with E-state index in [0.717, 1.165) is 50.2 Å². The lowest BCUT2D eigenvalue weighted by atomic mass is 10.2. The van der Waals surface area contributed by atoms with Crippen molar-refractivity contribution in [3.63, 3.8) is 0 Å².